The van der Waals surface area contributed by atoms with Crippen LogP contribution in [-0.4, -0.2) is 42.3 Å². The van der Waals surface area contributed by atoms with Crippen molar-refractivity contribution >= 4 is 12.0 Å². The first-order chi connectivity index (χ1) is 5.43. The minimum Gasteiger partial charge on any atom is -0.480 e. The van der Waals surface area contributed by atoms with Crippen molar-refractivity contribution in [3.63, 3.8) is 0 Å². The summed E-state index contributed by atoms with van der Waals surface area (Å²) in [5.41, 5.74) is 2.35. The molecule has 0 spiro atoms. The highest BCUT2D eigenvalue weighted by Crippen LogP contribution is 1.80. The van der Waals surface area contributed by atoms with Crippen LogP contribution in [0.25, 0.3) is 0 Å². The maximum atomic E-state index is 10.8. The maximum absolute atomic E-state index is 10.8. The van der Waals surface area contributed by atoms with Gasteiger partial charge in [0.2, 0.25) is 0 Å². The van der Waals surface area contributed by atoms with Crippen LogP contribution < -0.4 is 10.7 Å². The Morgan fingerprint density at radius 3 is 2.25 bits per heavy atom. The number of amides is 2. The third-order valence-electron chi connectivity index (χ3n) is 1.04. The molecule has 0 fully saturated rings. The summed E-state index contributed by atoms with van der Waals surface area (Å²) in [5.74, 6) is -1.07. The Kier molecular flexibility index (Phi) is 4.06. The van der Waals surface area contributed by atoms with Crippen molar-refractivity contribution in [3.05, 3.63) is 0 Å². The average Bonchev–Trinajstić information content (AvgIpc) is 1.84. The first-order valence-corrected chi connectivity index (χ1v) is 3.40. The number of hydrogen-bond donors (Lipinski definition) is 3. The number of hydrazine groups is 1. The van der Waals surface area contributed by atoms with Gasteiger partial charge in [-0.2, -0.15) is 0 Å². The molecule has 0 saturated heterocycles. The largest absolute Gasteiger partial charge is 0.480 e. The Labute approximate surface area is 70.5 Å². The summed E-state index contributed by atoms with van der Waals surface area (Å²) in [6, 6.07) is -1.42. The van der Waals surface area contributed by atoms with Gasteiger partial charge in [-0.15, -0.1) is 0 Å². The van der Waals surface area contributed by atoms with Crippen molar-refractivity contribution in [1.82, 2.24) is 15.8 Å². The smallest absolute Gasteiger partial charge is 0.329 e. The Bertz CT molecular complexity index is 181. The maximum Gasteiger partial charge on any atom is 0.329 e. The Balaban J connectivity index is 3.77. The average molecular weight is 175 g/mol. The van der Waals surface area contributed by atoms with Crippen LogP contribution in [0.15, 0.2) is 0 Å². The summed E-state index contributed by atoms with van der Waals surface area (Å²) in [6.45, 7) is 1.39. The molecule has 0 aliphatic heterocycles. The fourth-order valence-electron chi connectivity index (χ4n) is 0.494. The van der Waals surface area contributed by atoms with E-state index >= 15 is 0 Å². The zero-order valence-electron chi connectivity index (χ0n) is 7.29. The summed E-state index contributed by atoms with van der Waals surface area (Å²) in [6.07, 6.45) is 0. The lowest BCUT2D eigenvalue weighted by Crippen LogP contribution is -2.48. The van der Waals surface area contributed by atoms with Crippen LogP contribution in [0.4, 0.5) is 4.79 Å². The lowest BCUT2D eigenvalue weighted by Gasteiger charge is -2.14. The van der Waals surface area contributed by atoms with Crippen molar-refractivity contribution < 1.29 is 14.7 Å². The number of rotatable bonds is 3. The topological polar surface area (TPSA) is 81.7 Å². The van der Waals surface area contributed by atoms with Crippen LogP contribution in [0.2, 0.25) is 0 Å². The van der Waals surface area contributed by atoms with E-state index in [0.717, 1.165) is 0 Å². The van der Waals surface area contributed by atoms with Crippen LogP contribution in [-0.2, 0) is 4.79 Å². The van der Waals surface area contributed by atoms with E-state index in [9.17, 15) is 9.59 Å². The highest BCUT2D eigenvalue weighted by molar-refractivity contribution is 5.81. The molecule has 6 heteroatoms. The van der Waals surface area contributed by atoms with E-state index in [1.807, 2.05) is 0 Å². The number of hydrogen-bond acceptors (Lipinski definition) is 3. The minimum atomic E-state index is -1.07. The Hall–Kier alpha value is -1.30. The molecule has 70 valence electrons. The number of aliphatic carboxylic acids is 1. The van der Waals surface area contributed by atoms with Gasteiger partial charge in [0.15, 0.2) is 0 Å². The quantitative estimate of drug-likeness (QED) is 0.492. The third kappa shape index (κ3) is 4.51. The second-order valence-corrected chi connectivity index (χ2v) is 2.54. The number of carbonyl (C=O) groups is 2. The van der Waals surface area contributed by atoms with Gasteiger partial charge in [0.1, 0.15) is 6.04 Å². The number of nitrogens with zero attached hydrogens (tertiary/aromatic N) is 1. The summed E-state index contributed by atoms with van der Waals surface area (Å²) in [4.78, 5) is 21.1. The Morgan fingerprint density at radius 2 is 1.92 bits per heavy atom. The van der Waals surface area contributed by atoms with E-state index in [2.05, 4.69) is 10.7 Å². The molecule has 0 aliphatic rings. The van der Waals surface area contributed by atoms with Gasteiger partial charge < -0.3 is 10.4 Å². The SMILES string of the molecule is C[C@H](NC(=O)NN(C)C)C(=O)O. The number of nitrogens with one attached hydrogen (secondary N) is 2. The number of carboxylic acid groups (broad SMARTS) is 1. The van der Waals surface area contributed by atoms with E-state index in [-0.39, 0.29) is 0 Å². The van der Waals surface area contributed by atoms with Crippen LogP contribution in [0.5, 0.6) is 0 Å². The lowest BCUT2D eigenvalue weighted by molar-refractivity contribution is -0.138. The molecule has 0 unspecified atom stereocenters. The fourth-order valence-corrected chi connectivity index (χ4v) is 0.494. The van der Waals surface area contributed by atoms with Gasteiger partial charge in [0, 0.05) is 14.1 Å². The summed E-state index contributed by atoms with van der Waals surface area (Å²) in [7, 11) is 3.26. The molecule has 1 atom stereocenters. The van der Waals surface area contributed by atoms with Crippen molar-refractivity contribution in [3.8, 4) is 0 Å². The molecule has 0 aromatic heterocycles. The van der Waals surface area contributed by atoms with E-state index in [0.29, 0.717) is 0 Å². The monoisotopic (exact) mass is 175 g/mol. The van der Waals surface area contributed by atoms with Gasteiger partial charge in [-0.3, -0.25) is 10.2 Å². The second-order valence-electron chi connectivity index (χ2n) is 2.54. The summed E-state index contributed by atoms with van der Waals surface area (Å²) >= 11 is 0. The molecule has 0 aromatic rings. The van der Waals surface area contributed by atoms with Crippen LogP contribution in [0, 0.1) is 0 Å². The first-order valence-electron chi connectivity index (χ1n) is 3.40. The molecule has 0 bridgehead atoms. The van der Waals surface area contributed by atoms with Gasteiger partial charge in [-0.1, -0.05) is 0 Å². The lowest BCUT2D eigenvalue weighted by atomic mass is 10.3. The summed E-state index contributed by atoms with van der Waals surface area (Å²) < 4.78 is 0. The molecule has 0 aliphatic carbocycles. The van der Waals surface area contributed by atoms with Gasteiger partial charge in [-0.25, -0.2) is 9.80 Å². The van der Waals surface area contributed by atoms with E-state index < -0.39 is 18.0 Å². The van der Waals surface area contributed by atoms with E-state index in [1.165, 1.54) is 11.9 Å². The molecule has 0 aromatic carbocycles. The molecule has 3 N–H and O–H groups in total. The zero-order valence-corrected chi connectivity index (χ0v) is 7.29. The first kappa shape index (κ1) is 10.7. The highest BCUT2D eigenvalue weighted by atomic mass is 16.4. The molecule has 12 heavy (non-hydrogen) atoms. The van der Waals surface area contributed by atoms with Gasteiger partial charge in [0.05, 0.1) is 0 Å². The van der Waals surface area contributed by atoms with E-state index in [4.69, 9.17) is 5.11 Å². The van der Waals surface area contributed by atoms with Crippen molar-refractivity contribution in [2.45, 2.75) is 13.0 Å². The molecule has 6 nitrogen and oxygen atoms in total. The molecule has 0 saturated carbocycles. The van der Waals surface area contributed by atoms with Crippen molar-refractivity contribution in [2.75, 3.05) is 14.1 Å². The normalized spacial score (nSPS) is 12.3. The summed E-state index contributed by atoms with van der Waals surface area (Å²) in [5, 5.41) is 12.0. The molecule has 0 rings (SSSR count). The molecular weight excluding hydrogens is 162 g/mol. The highest BCUT2D eigenvalue weighted by Gasteiger charge is 2.13. The molecule has 0 radical (unpaired) electrons. The fraction of sp³-hybridized carbons (Fsp3) is 0.667. The molecule has 0 heterocycles. The van der Waals surface area contributed by atoms with E-state index in [1.54, 1.807) is 14.1 Å². The number of urea groups is 1. The van der Waals surface area contributed by atoms with Crippen molar-refractivity contribution in [2.24, 2.45) is 0 Å². The Morgan fingerprint density at radius 1 is 1.42 bits per heavy atom. The van der Waals surface area contributed by atoms with Crippen LogP contribution in [0.1, 0.15) is 6.92 Å². The predicted molar refractivity (Wildman–Crippen MR) is 42.5 cm³/mol. The number of carbonyl (C=O) groups excluding carboxylic acids is 1. The van der Waals surface area contributed by atoms with Gasteiger partial charge >= 0.3 is 12.0 Å². The van der Waals surface area contributed by atoms with Gasteiger partial charge in [0.25, 0.3) is 0 Å². The van der Waals surface area contributed by atoms with Crippen LogP contribution in [0.3, 0.4) is 0 Å². The standard InChI is InChI=1S/C6H13N3O3/c1-4(5(10)11)7-6(12)8-9(2)3/h4H,1-3H3,(H,10,11)(H2,7,8,12)/t4-/m0/s1. The predicted octanol–water partition coefficient (Wildman–Crippen LogP) is -0.765. The van der Waals surface area contributed by atoms with Gasteiger partial charge in [-0.05, 0) is 6.92 Å². The second kappa shape index (κ2) is 4.55. The minimum absolute atomic E-state index is 0.532. The van der Waals surface area contributed by atoms with Crippen LogP contribution >= 0.6 is 0 Å². The van der Waals surface area contributed by atoms with Crippen molar-refractivity contribution in [1.29, 1.82) is 0 Å². The molecule has 2 amide bonds. The third-order valence-corrected chi connectivity index (χ3v) is 1.04. The number of carboxylic acids is 1. The zero-order chi connectivity index (χ0) is 9.72. The molecular formula is C6H13N3O3.